The summed E-state index contributed by atoms with van der Waals surface area (Å²) in [5.41, 5.74) is 5.72. The molecule has 2 aromatic carbocycles. The summed E-state index contributed by atoms with van der Waals surface area (Å²) in [4.78, 5) is 23.5. The molecule has 0 aromatic heterocycles. The molecule has 5 nitrogen and oxygen atoms in total. The summed E-state index contributed by atoms with van der Waals surface area (Å²) in [5.74, 6) is -1.58. The summed E-state index contributed by atoms with van der Waals surface area (Å²) in [6.45, 7) is 3.80. The topological polar surface area (TPSA) is 70.6 Å². The summed E-state index contributed by atoms with van der Waals surface area (Å²) in [6, 6.07) is 16.9. The van der Waals surface area contributed by atoms with Gasteiger partial charge in [-0.2, -0.15) is 5.10 Å². The summed E-state index contributed by atoms with van der Waals surface area (Å²) < 4.78 is 0. The lowest BCUT2D eigenvalue weighted by Gasteiger charge is -2.04. The molecule has 2 rings (SSSR count). The second kappa shape index (κ2) is 8.43. The van der Waals surface area contributed by atoms with Crippen LogP contribution in [0.25, 0.3) is 6.08 Å². The van der Waals surface area contributed by atoms with Crippen molar-refractivity contribution in [2.45, 2.75) is 13.8 Å². The molecular formula is C19H19N3O2. The molecule has 2 amide bonds. The van der Waals surface area contributed by atoms with E-state index in [0.29, 0.717) is 5.69 Å². The molecule has 0 aliphatic carbocycles. The molecule has 0 unspecified atom stereocenters. The molecule has 0 saturated carbocycles. The number of carbonyl (C=O) groups excluding carboxylic acids is 2. The van der Waals surface area contributed by atoms with Crippen molar-refractivity contribution in [3.8, 4) is 0 Å². The third-order valence-corrected chi connectivity index (χ3v) is 3.14. The molecule has 0 spiro atoms. The average molecular weight is 321 g/mol. The van der Waals surface area contributed by atoms with Gasteiger partial charge in [0.2, 0.25) is 0 Å². The highest BCUT2D eigenvalue weighted by molar-refractivity contribution is 6.39. The molecule has 0 aliphatic rings. The van der Waals surface area contributed by atoms with Crippen molar-refractivity contribution in [3.05, 3.63) is 71.3 Å². The first kappa shape index (κ1) is 17.1. The Morgan fingerprint density at radius 2 is 1.62 bits per heavy atom. The second-order valence-corrected chi connectivity index (χ2v) is 5.32. The van der Waals surface area contributed by atoms with E-state index in [2.05, 4.69) is 15.8 Å². The Balaban J connectivity index is 1.86. The number of hydrogen-bond acceptors (Lipinski definition) is 3. The van der Waals surface area contributed by atoms with Crippen LogP contribution < -0.4 is 10.7 Å². The predicted octanol–water partition coefficient (Wildman–Crippen LogP) is 3.14. The number of hydrazone groups is 1. The Morgan fingerprint density at radius 1 is 0.958 bits per heavy atom. The highest BCUT2D eigenvalue weighted by Gasteiger charge is 2.12. The highest BCUT2D eigenvalue weighted by Crippen LogP contribution is 2.08. The number of benzene rings is 2. The predicted molar refractivity (Wildman–Crippen MR) is 96.5 cm³/mol. The molecule has 0 atom stereocenters. The third kappa shape index (κ3) is 5.53. The standard InChI is InChI=1S/C19H19N3O2/c1-14-8-10-17(11-9-14)21-18(23)19(24)22-20-13-15(2)12-16-6-4-3-5-7-16/h3-13H,1-2H3,(H,21,23)(H,22,24)/b15-12-,20-13+. The Morgan fingerprint density at radius 3 is 2.29 bits per heavy atom. The molecule has 2 N–H and O–H groups in total. The summed E-state index contributed by atoms with van der Waals surface area (Å²) in [6.07, 6.45) is 3.41. The van der Waals surface area contributed by atoms with E-state index in [1.807, 2.05) is 62.4 Å². The van der Waals surface area contributed by atoms with Gasteiger partial charge in [0.05, 0.1) is 6.21 Å². The van der Waals surface area contributed by atoms with Crippen LogP contribution in [0.4, 0.5) is 5.69 Å². The maximum absolute atomic E-state index is 11.8. The Hall–Kier alpha value is -3.21. The van der Waals surface area contributed by atoms with E-state index in [1.54, 1.807) is 12.1 Å². The van der Waals surface area contributed by atoms with Crippen LogP contribution in [-0.4, -0.2) is 18.0 Å². The zero-order chi connectivity index (χ0) is 17.4. The smallest absolute Gasteiger partial charge is 0.318 e. The first-order valence-corrected chi connectivity index (χ1v) is 7.49. The molecule has 2 aromatic rings. The molecule has 0 heterocycles. The molecule has 5 heteroatoms. The average Bonchev–Trinajstić information content (AvgIpc) is 2.57. The van der Waals surface area contributed by atoms with E-state index in [1.165, 1.54) is 6.21 Å². The van der Waals surface area contributed by atoms with Crippen LogP contribution in [-0.2, 0) is 9.59 Å². The van der Waals surface area contributed by atoms with Gasteiger partial charge in [-0.25, -0.2) is 5.43 Å². The van der Waals surface area contributed by atoms with Gasteiger partial charge < -0.3 is 5.32 Å². The van der Waals surface area contributed by atoms with Gasteiger partial charge in [-0.3, -0.25) is 9.59 Å². The van der Waals surface area contributed by atoms with Crippen LogP contribution in [0.3, 0.4) is 0 Å². The van der Waals surface area contributed by atoms with Crippen LogP contribution in [0.2, 0.25) is 0 Å². The van der Waals surface area contributed by atoms with Gasteiger partial charge in [0.25, 0.3) is 0 Å². The molecule has 0 saturated heterocycles. The van der Waals surface area contributed by atoms with Crippen LogP contribution in [0.5, 0.6) is 0 Å². The van der Waals surface area contributed by atoms with Gasteiger partial charge in [-0.15, -0.1) is 0 Å². The quantitative estimate of drug-likeness (QED) is 0.516. The maximum Gasteiger partial charge on any atom is 0.329 e. The number of nitrogens with one attached hydrogen (secondary N) is 2. The normalized spacial score (nSPS) is 11.3. The van der Waals surface area contributed by atoms with E-state index in [0.717, 1.165) is 16.7 Å². The van der Waals surface area contributed by atoms with Gasteiger partial charge >= 0.3 is 11.8 Å². The molecular weight excluding hydrogens is 302 g/mol. The molecule has 0 fully saturated rings. The monoisotopic (exact) mass is 321 g/mol. The first-order valence-electron chi connectivity index (χ1n) is 7.49. The minimum Gasteiger partial charge on any atom is -0.318 e. The van der Waals surface area contributed by atoms with E-state index in [-0.39, 0.29) is 0 Å². The second-order valence-electron chi connectivity index (χ2n) is 5.32. The van der Waals surface area contributed by atoms with Crippen molar-refractivity contribution >= 4 is 29.8 Å². The highest BCUT2D eigenvalue weighted by atomic mass is 16.2. The fourth-order valence-electron chi connectivity index (χ4n) is 1.92. The van der Waals surface area contributed by atoms with Gasteiger partial charge in [-0.05, 0) is 37.1 Å². The molecule has 0 radical (unpaired) electrons. The maximum atomic E-state index is 11.8. The fourth-order valence-corrected chi connectivity index (χ4v) is 1.92. The van der Waals surface area contributed by atoms with E-state index in [4.69, 9.17) is 0 Å². The lowest BCUT2D eigenvalue weighted by Crippen LogP contribution is -2.32. The summed E-state index contributed by atoms with van der Waals surface area (Å²) in [5, 5.41) is 6.30. The minimum absolute atomic E-state index is 0.560. The SMILES string of the molecule is CC(=C/c1ccccc1)/C=N/NC(=O)C(=O)Nc1ccc(C)cc1. The molecule has 24 heavy (non-hydrogen) atoms. The summed E-state index contributed by atoms with van der Waals surface area (Å²) >= 11 is 0. The molecule has 0 aliphatic heterocycles. The van der Waals surface area contributed by atoms with Crippen LogP contribution in [0.1, 0.15) is 18.1 Å². The van der Waals surface area contributed by atoms with E-state index in [9.17, 15) is 9.59 Å². The Labute approximate surface area is 141 Å². The van der Waals surface area contributed by atoms with Crippen molar-refractivity contribution < 1.29 is 9.59 Å². The molecule has 122 valence electrons. The van der Waals surface area contributed by atoms with Crippen molar-refractivity contribution in [3.63, 3.8) is 0 Å². The van der Waals surface area contributed by atoms with Crippen molar-refractivity contribution in [1.29, 1.82) is 0 Å². The van der Waals surface area contributed by atoms with Crippen molar-refractivity contribution in [1.82, 2.24) is 5.43 Å². The number of hydrogen-bond donors (Lipinski definition) is 2. The minimum atomic E-state index is -0.820. The van der Waals surface area contributed by atoms with E-state index >= 15 is 0 Å². The third-order valence-electron chi connectivity index (χ3n) is 3.14. The van der Waals surface area contributed by atoms with Crippen LogP contribution in [0.15, 0.2) is 65.3 Å². The number of amides is 2. The van der Waals surface area contributed by atoms with Crippen LogP contribution >= 0.6 is 0 Å². The lowest BCUT2D eigenvalue weighted by molar-refractivity contribution is -0.136. The van der Waals surface area contributed by atoms with Crippen molar-refractivity contribution in [2.24, 2.45) is 5.10 Å². The Bertz CT molecular complexity index is 763. The number of allylic oxidation sites excluding steroid dienone is 1. The number of carbonyl (C=O) groups is 2. The number of nitrogens with zero attached hydrogens (tertiary/aromatic N) is 1. The van der Waals surface area contributed by atoms with Crippen molar-refractivity contribution in [2.75, 3.05) is 5.32 Å². The zero-order valence-corrected chi connectivity index (χ0v) is 13.6. The van der Waals surface area contributed by atoms with Gasteiger partial charge in [0.1, 0.15) is 0 Å². The number of anilines is 1. The largest absolute Gasteiger partial charge is 0.329 e. The zero-order valence-electron chi connectivity index (χ0n) is 13.6. The lowest BCUT2D eigenvalue weighted by atomic mass is 10.1. The number of rotatable bonds is 4. The summed E-state index contributed by atoms with van der Waals surface area (Å²) in [7, 11) is 0. The van der Waals surface area contributed by atoms with Gasteiger partial charge in [0.15, 0.2) is 0 Å². The van der Waals surface area contributed by atoms with Crippen LogP contribution in [0, 0.1) is 6.92 Å². The molecule has 0 bridgehead atoms. The first-order chi connectivity index (χ1) is 11.5. The van der Waals surface area contributed by atoms with E-state index < -0.39 is 11.8 Å². The fraction of sp³-hybridized carbons (Fsp3) is 0.105. The number of aryl methyl sites for hydroxylation is 1. The van der Waals surface area contributed by atoms with Gasteiger partial charge in [-0.1, -0.05) is 54.1 Å². The van der Waals surface area contributed by atoms with Gasteiger partial charge in [0, 0.05) is 5.69 Å². The Kier molecular flexibility index (Phi) is 6.02.